The molecular weight excluding hydrogens is 409 g/mol. The predicted octanol–water partition coefficient (Wildman–Crippen LogP) is 7.07. The molecule has 0 aliphatic rings. The van der Waals surface area contributed by atoms with Gasteiger partial charge in [0, 0.05) is 11.1 Å². The Labute approximate surface area is 169 Å². The van der Waals surface area contributed by atoms with Gasteiger partial charge in [0.15, 0.2) is 29.1 Å². The van der Waals surface area contributed by atoms with Gasteiger partial charge in [-0.3, -0.25) is 0 Å². The normalized spacial score (nSPS) is 11.2. The minimum Gasteiger partial charge on any atom is -0.207 e. The molecule has 3 rings (SSSR count). The molecule has 3 aromatic carbocycles. The van der Waals surface area contributed by atoms with Crippen molar-refractivity contribution < 1.29 is 30.7 Å². The van der Waals surface area contributed by atoms with E-state index >= 15 is 0 Å². The molecule has 7 heteroatoms. The Hall–Kier alpha value is -2.83. The first kappa shape index (κ1) is 21.9. The van der Waals surface area contributed by atoms with Crippen molar-refractivity contribution in [2.75, 3.05) is 0 Å². The van der Waals surface area contributed by atoms with Crippen LogP contribution >= 0.6 is 0 Å². The molecule has 0 aliphatic carbocycles. The molecule has 0 amide bonds. The van der Waals surface area contributed by atoms with Gasteiger partial charge in [-0.1, -0.05) is 25.5 Å². The zero-order valence-corrected chi connectivity index (χ0v) is 15.9. The van der Waals surface area contributed by atoms with Crippen LogP contribution in [-0.4, -0.2) is 0 Å². The third kappa shape index (κ3) is 4.35. The van der Waals surface area contributed by atoms with Gasteiger partial charge in [-0.2, -0.15) is 0 Å². The van der Waals surface area contributed by atoms with E-state index in [0.717, 1.165) is 24.3 Å². The molecule has 0 fully saturated rings. The summed E-state index contributed by atoms with van der Waals surface area (Å²) in [6, 6.07) is 5.89. The monoisotopic (exact) mass is 426 g/mol. The molecule has 0 bridgehead atoms. The number of benzene rings is 3. The van der Waals surface area contributed by atoms with Gasteiger partial charge < -0.3 is 0 Å². The molecule has 158 valence electrons. The summed E-state index contributed by atoms with van der Waals surface area (Å²) in [5, 5.41) is 0. The summed E-state index contributed by atoms with van der Waals surface area (Å²) in [5.74, 6) is -8.68. The van der Waals surface area contributed by atoms with E-state index in [0.29, 0.717) is 12.8 Å². The van der Waals surface area contributed by atoms with Crippen molar-refractivity contribution >= 4 is 0 Å². The molecule has 30 heavy (non-hydrogen) atoms. The lowest BCUT2D eigenvalue weighted by Crippen LogP contribution is -2.03. The first-order valence-electron chi connectivity index (χ1n) is 9.31. The third-order valence-electron chi connectivity index (χ3n) is 4.84. The average molecular weight is 426 g/mol. The lowest BCUT2D eigenvalue weighted by molar-refractivity contribution is 0.445. The van der Waals surface area contributed by atoms with Gasteiger partial charge >= 0.3 is 0 Å². The molecule has 0 saturated heterocycles. The van der Waals surface area contributed by atoms with E-state index in [1.54, 1.807) is 0 Å². The maximum absolute atomic E-state index is 14.5. The van der Waals surface area contributed by atoms with Crippen LogP contribution in [0.4, 0.5) is 30.7 Å². The summed E-state index contributed by atoms with van der Waals surface area (Å²) in [4.78, 5) is 0. The van der Waals surface area contributed by atoms with Gasteiger partial charge in [-0.25, -0.2) is 30.7 Å². The molecule has 0 atom stereocenters. The van der Waals surface area contributed by atoms with Crippen molar-refractivity contribution in [2.24, 2.45) is 0 Å². The fourth-order valence-corrected chi connectivity index (χ4v) is 3.29. The molecule has 0 saturated carbocycles. The molecule has 0 aliphatic heterocycles. The van der Waals surface area contributed by atoms with Crippen LogP contribution in [-0.2, 0) is 19.3 Å². The molecule has 0 aromatic heterocycles. The van der Waals surface area contributed by atoms with Gasteiger partial charge in [0.1, 0.15) is 11.6 Å². The van der Waals surface area contributed by atoms with Gasteiger partial charge in [0.25, 0.3) is 0 Å². The summed E-state index contributed by atoms with van der Waals surface area (Å²) < 4.78 is 97.1. The summed E-state index contributed by atoms with van der Waals surface area (Å²) in [6.45, 7) is 1.81. The van der Waals surface area contributed by atoms with Gasteiger partial charge in [-0.15, -0.1) is 0 Å². The van der Waals surface area contributed by atoms with E-state index in [2.05, 4.69) is 0 Å². The van der Waals surface area contributed by atoms with Crippen LogP contribution in [0.3, 0.4) is 0 Å². The van der Waals surface area contributed by atoms with E-state index < -0.39 is 40.7 Å². The highest BCUT2D eigenvalue weighted by Gasteiger charge is 2.19. The zero-order valence-electron chi connectivity index (χ0n) is 15.9. The van der Waals surface area contributed by atoms with Gasteiger partial charge in [0.05, 0.1) is 0 Å². The third-order valence-corrected chi connectivity index (χ3v) is 4.84. The molecule has 0 unspecified atom stereocenters. The van der Waals surface area contributed by atoms with E-state index in [9.17, 15) is 30.7 Å². The first-order chi connectivity index (χ1) is 14.2. The minimum atomic E-state index is -1.63. The fourth-order valence-electron chi connectivity index (χ4n) is 3.29. The quantitative estimate of drug-likeness (QED) is 0.292. The van der Waals surface area contributed by atoms with E-state index in [-0.39, 0.29) is 40.7 Å². The summed E-state index contributed by atoms with van der Waals surface area (Å²) >= 11 is 0. The standard InChI is InChI=1S/C23H17F7/c1-2-3-13-5-7-15(22(29)21(13)28)14-10-17(24)16(18(25)11-14)6-4-12-8-19(26)23(30)20(27)9-12/h5,7-11H,2-4,6H2,1H3. The number of aryl methyl sites for hydroxylation is 2. The van der Waals surface area contributed by atoms with Crippen LogP contribution in [0, 0.1) is 40.7 Å². The Morgan fingerprint density at radius 3 is 1.77 bits per heavy atom. The average Bonchev–Trinajstić information content (AvgIpc) is 2.69. The molecule has 0 N–H and O–H groups in total. The smallest absolute Gasteiger partial charge is 0.194 e. The van der Waals surface area contributed by atoms with Crippen molar-refractivity contribution in [3.05, 3.63) is 93.8 Å². The summed E-state index contributed by atoms with van der Waals surface area (Å²) in [5.41, 5.74) is -0.636. The number of rotatable bonds is 6. The fraction of sp³-hybridized carbons (Fsp3) is 0.217. The van der Waals surface area contributed by atoms with Crippen LogP contribution in [0.15, 0.2) is 36.4 Å². The minimum absolute atomic E-state index is 0.0221. The highest BCUT2D eigenvalue weighted by molar-refractivity contribution is 5.65. The maximum atomic E-state index is 14.5. The molecule has 0 nitrogen and oxygen atoms in total. The van der Waals surface area contributed by atoms with Crippen LogP contribution in [0.5, 0.6) is 0 Å². The van der Waals surface area contributed by atoms with E-state index in [4.69, 9.17) is 0 Å². The lowest BCUT2D eigenvalue weighted by Gasteiger charge is -2.11. The van der Waals surface area contributed by atoms with Crippen molar-refractivity contribution in [3.63, 3.8) is 0 Å². The van der Waals surface area contributed by atoms with Crippen LogP contribution in [0.25, 0.3) is 11.1 Å². The Kier molecular flexibility index (Phi) is 6.48. The molecule has 3 aromatic rings. The molecule has 0 spiro atoms. The van der Waals surface area contributed by atoms with Crippen molar-refractivity contribution in [3.8, 4) is 11.1 Å². The predicted molar refractivity (Wildman–Crippen MR) is 99.4 cm³/mol. The lowest BCUT2D eigenvalue weighted by atomic mass is 9.97. The number of hydrogen-bond donors (Lipinski definition) is 0. The Morgan fingerprint density at radius 2 is 1.20 bits per heavy atom. The summed E-state index contributed by atoms with van der Waals surface area (Å²) in [7, 11) is 0. The van der Waals surface area contributed by atoms with Crippen molar-refractivity contribution in [1.29, 1.82) is 0 Å². The highest BCUT2D eigenvalue weighted by Crippen LogP contribution is 2.30. The Balaban J connectivity index is 1.88. The van der Waals surface area contributed by atoms with Gasteiger partial charge in [0.2, 0.25) is 0 Å². The van der Waals surface area contributed by atoms with Crippen molar-refractivity contribution in [2.45, 2.75) is 32.6 Å². The Bertz CT molecular complexity index is 1040. The largest absolute Gasteiger partial charge is 0.207 e. The van der Waals surface area contributed by atoms with E-state index in [1.165, 1.54) is 12.1 Å². The highest BCUT2D eigenvalue weighted by atomic mass is 19.2. The second kappa shape index (κ2) is 8.90. The van der Waals surface area contributed by atoms with Crippen LogP contribution in [0.2, 0.25) is 0 Å². The van der Waals surface area contributed by atoms with Crippen LogP contribution < -0.4 is 0 Å². The van der Waals surface area contributed by atoms with Crippen LogP contribution in [0.1, 0.15) is 30.0 Å². The second-order valence-electron chi connectivity index (χ2n) is 6.94. The summed E-state index contributed by atoms with van der Waals surface area (Å²) in [6.07, 6.45) is 0.509. The maximum Gasteiger partial charge on any atom is 0.194 e. The molecular formula is C23H17F7. The molecule has 0 radical (unpaired) electrons. The Morgan fingerprint density at radius 1 is 0.600 bits per heavy atom. The van der Waals surface area contributed by atoms with Crippen molar-refractivity contribution in [1.82, 2.24) is 0 Å². The number of halogens is 7. The topological polar surface area (TPSA) is 0 Å². The second-order valence-corrected chi connectivity index (χ2v) is 6.94. The molecule has 0 heterocycles. The SMILES string of the molecule is CCCc1ccc(-c2cc(F)c(CCc3cc(F)c(F)c(F)c3)c(F)c2)c(F)c1F. The zero-order chi connectivity index (χ0) is 22.0. The van der Waals surface area contributed by atoms with E-state index in [1.807, 2.05) is 6.92 Å². The number of hydrogen-bond acceptors (Lipinski definition) is 0. The first-order valence-corrected chi connectivity index (χ1v) is 9.31. The van der Waals surface area contributed by atoms with Gasteiger partial charge in [-0.05, 0) is 60.2 Å².